The zero-order chi connectivity index (χ0) is 19.2. The standard InChI is InChI=1S/C19H14N4O4/c24-18(12-10-14-6-2-4-8-17(14)23(26)27)21-22-19(25)16-11-9-13-5-1-3-7-15(13)20-16/h1-12H,(H,21,24)(H,22,25)/b12-10+. The molecule has 0 aliphatic heterocycles. The fraction of sp³-hybridized carbons (Fsp3) is 0. The number of amides is 2. The first-order valence-corrected chi connectivity index (χ1v) is 7.92. The van der Waals surface area contributed by atoms with E-state index in [9.17, 15) is 19.7 Å². The van der Waals surface area contributed by atoms with Crippen LogP contribution in [0.25, 0.3) is 17.0 Å². The molecule has 8 heteroatoms. The fourth-order valence-electron chi connectivity index (χ4n) is 2.38. The van der Waals surface area contributed by atoms with E-state index in [0.29, 0.717) is 5.52 Å². The topological polar surface area (TPSA) is 114 Å². The van der Waals surface area contributed by atoms with E-state index >= 15 is 0 Å². The number of rotatable bonds is 4. The minimum atomic E-state index is -0.637. The van der Waals surface area contributed by atoms with Crippen LogP contribution in [0.1, 0.15) is 16.1 Å². The van der Waals surface area contributed by atoms with Crippen LogP contribution in [0.4, 0.5) is 5.69 Å². The molecule has 3 rings (SSSR count). The predicted molar refractivity (Wildman–Crippen MR) is 99.5 cm³/mol. The lowest BCUT2D eigenvalue weighted by Crippen LogP contribution is -2.41. The van der Waals surface area contributed by atoms with Crippen LogP contribution in [0.15, 0.2) is 66.7 Å². The van der Waals surface area contributed by atoms with Gasteiger partial charge in [0.15, 0.2) is 0 Å². The van der Waals surface area contributed by atoms with E-state index in [1.807, 2.05) is 18.2 Å². The Hall–Kier alpha value is -4.07. The molecule has 8 nitrogen and oxygen atoms in total. The number of nitro benzene ring substituents is 1. The fourth-order valence-corrected chi connectivity index (χ4v) is 2.38. The van der Waals surface area contributed by atoms with Crippen molar-refractivity contribution < 1.29 is 14.5 Å². The summed E-state index contributed by atoms with van der Waals surface area (Å²) in [6.07, 6.45) is 2.39. The largest absolute Gasteiger partial charge is 0.288 e. The van der Waals surface area contributed by atoms with Crippen molar-refractivity contribution in [1.82, 2.24) is 15.8 Å². The van der Waals surface area contributed by atoms with Gasteiger partial charge in [0.1, 0.15) is 5.69 Å². The molecule has 0 bridgehead atoms. The summed E-state index contributed by atoms with van der Waals surface area (Å²) in [5.41, 5.74) is 5.43. The van der Waals surface area contributed by atoms with Crippen molar-refractivity contribution in [1.29, 1.82) is 0 Å². The van der Waals surface area contributed by atoms with Crippen molar-refractivity contribution in [3.8, 4) is 0 Å². The van der Waals surface area contributed by atoms with Gasteiger partial charge in [-0.2, -0.15) is 0 Å². The number of para-hydroxylation sites is 2. The molecule has 0 spiro atoms. The summed E-state index contributed by atoms with van der Waals surface area (Å²) < 4.78 is 0. The van der Waals surface area contributed by atoms with Gasteiger partial charge in [0.25, 0.3) is 17.5 Å². The van der Waals surface area contributed by atoms with E-state index in [1.165, 1.54) is 24.3 Å². The SMILES string of the molecule is O=C(/C=C/c1ccccc1[N+](=O)[O-])NNC(=O)c1ccc2ccccc2n1. The van der Waals surface area contributed by atoms with E-state index in [2.05, 4.69) is 15.8 Å². The molecule has 0 aliphatic carbocycles. The molecule has 0 saturated heterocycles. The maximum Gasteiger partial charge on any atom is 0.288 e. The summed E-state index contributed by atoms with van der Waals surface area (Å²) in [5, 5.41) is 11.8. The number of hydrogen-bond donors (Lipinski definition) is 2. The van der Waals surface area contributed by atoms with Crippen molar-refractivity contribution in [3.05, 3.63) is 88.1 Å². The molecule has 2 aromatic carbocycles. The number of nitrogens with zero attached hydrogens (tertiary/aromatic N) is 2. The van der Waals surface area contributed by atoms with Gasteiger partial charge in [-0.05, 0) is 24.3 Å². The maximum absolute atomic E-state index is 12.1. The monoisotopic (exact) mass is 362 g/mol. The van der Waals surface area contributed by atoms with E-state index in [1.54, 1.807) is 24.3 Å². The molecule has 0 unspecified atom stereocenters. The lowest BCUT2D eigenvalue weighted by atomic mass is 10.1. The van der Waals surface area contributed by atoms with Crippen LogP contribution in [0, 0.1) is 10.1 Å². The Morgan fingerprint density at radius 2 is 1.70 bits per heavy atom. The van der Waals surface area contributed by atoms with E-state index in [0.717, 1.165) is 11.5 Å². The highest BCUT2D eigenvalue weighted by atomic mass is 16.6. The Balaban J connectivity index is 1.63. The minimum absolute atomic E-state index is 0.119. The van der Waals surface area contributed by atoms with Gasteiger partial charge in [0, 0.05) is 17.5 Å². The minimum Gasteiger partial charge on any atom is -0.268 e. The second-order valence-corrected chi connectivity index (χ2v) is 5.48. The summed E-state index contributed by atoms with van der Waals surface area (Å²) >= 11 is 0. The Morgan fingerprint density at radius 1 is 0.963 bits per heavy atom. The molecule has 0 radical (unpaired) electrons. The van der Waals surface area contributed by atoms with Gasteiger partial charge in [-0.1, -0.05) is 36.4 Å². The van der Waals surface area contributed by atoms with Crippen LogP contribution >= 0.6 is 0 Å². The zero-order valence-corrected chi connectivity index (χ0v) is 14.0. The molecule has 2 N–H and O–H groups in total. The summed E-state index contributed by atoms with van der Waals surface area (Å²) in [6, 6.07) is 16.6. The molecule has 0 saturated carbocycles. The number of hydrazine groups is 1. The van der Waals surface area contributed by atoms with Crippen molar-refractivity contribution >= 4 is 34.5 Å². The van der Waals surface area contributed by atoms with Crippen molar-refractivity contribution in [2.45, 2.75) is 0 Å². The number of carbonyl (C=O) groups excluding carboxylic acids is 2. The number of pyridine rings is 1. The summed E-state index contributed by atoms with van der Waals surface area (Å²) in [5.74, 6) is -1.21. The number of carbonyl (C=O) groups is 2. The molecular weight excluding hydrogens is 348 g/mol. The van der Waals surface area contributed by atoms with Crippen LogP contribution in [0.5, 0.6) is 0 Å². The maximum atomic E-state index is 12.1. The average molecular weight is 362 g/mol. The molecular formula is C19H14N4O4. The van der Waals surface area contributed by atoms with Crippen LogP contribution in [0.3, 0.4) is 0 Å². The van der Waals surface area contributed by atoms with Crippen molar-refractivity contribution in [2.24, 2.45) is 0 Å². The molecule has 0 atom stereocenters. The first-order valence-electron chi connectivity index (χ1n) is 7.92. The average Bonchev–Trinajstić information content (AvgIpc) is 2.70. The number of fused-ring (bicyclic) bond motifs is 1. The second kappa shape index (κ2) is 7.87. The van der Waals surface area contributed by atoms with Crippen LogP contribution in [-0.4, -0.2) is 21.7 Å². The summed E-state index contributed by atoms with van der Waals surface area (Å²) in [7, 11) is 0. The first kappa shape index (κ1) is 17.7. The number of benzene rings is 2. The zero-order valence-electron chi connectivity index (χ0n) is 14.0. The van der Waals surface area contributed by atoms with Gasteiger partial charge >= 0.3 is 0 Å². The summed E-state index contributed by atoms with van der Waals surface area (Å²) in [4.78, 5) is 38.6. The van der Waals surface area contributed by atoms with E-state index in [-0.39, 0.29) is 16.9 Å². The van der Waals surface area contributed by atoms with Crippen molar-refractivity contribution in [2.75, 3.05) is 0 Å². The Morgan fingerprint density at radius 3 is 2.52 bits per heavy atom. The van der Waals surface area contributed by atoms with E-state index in [4.69, 9.17) is 0 Å². The Labute approximate surface area is 153 Å². The molecule has 27 heavy (non-hydrogen) atoms. The van der Waals surface area contributed by atoms with Gasteiger partial charge in [-0.3, -0.25) is 30.6 Å². The van der Waals surface area contributed by atoms with E-state index < -0.39 is 16.7 Å². The third-order valence-corrected chi connectivity index (χ3v) is 3.68. The van der Waals surface area contributed by atoms with Gasteiger partial charge < -0.3 is 0 Å². The normalized spacial score (nSPS) is 10.7. The lowest BCUT2D eigenvalue weighted by Gasteiger charge is -2.05. The van der Waals surface area contributed by atoms with Crippen LogP contribution in [-0.2, 0) is 4.79 Å². The smallest absolute Gasteiger partial charge is 0.268 e. The number of hydrogen-bond acceptors (Lipinski definition) is 5. The third-order valence-electron chi connectivity index (χ3n) is 3.68. The van der Waals surface area contributed by atoms with Gasteiger partial charge in [-0.15, -0.1) is 0 Å². The highest BCUT2D eigenvalue weighted by molar-refractivity contribution is 5.98. The highest BCUT2D eigenvalue weighted by Crippen LogP contribution is 2.18. The quantitative estimate of drug-likeness (QED) is 0.421. The van der Waals surface area contributed by atoms with Crippen LogP contribution < -0.4 is 10.9 Å². The molecule has 1 aromatic heterocycles. The second-order valence-electron chi connectivity index (χ2n) is 5.48. The molecule has 1 heterocycles. The number of nitrogens with one attached hydrogen (secondary N) is 2. The Bertz CT molecular complexity index is 1060. The Kier molecular flexibility index (Phi) is 5.17. The highest BCUT2D eigenvalue weighted by Gasteiger charge is 2.11. The first-order chi connectivity index (χ1) is 13.0. The van der Waals surface area contributed by atoms with Crippen molar-refractivity contribution in [3.63, 3.8) is 0 Å². The van der Waals surface area contributed by atoms with Gasteiger partial charge in [0.2, 0.25) is 0 Å². The van der Waals surface area contributed by atoms with Crippen LogP contribution in [0.2, 0.25) is 0 Å². The molecule has 3 aromatic rings. The molecule has 0 fully saturated rings. The summed E-state index contributed by atoms with van der Waals surface area (Å²) in [6.45, 7) is 0. The number of nitro groups is 1. The molecule has 134 valence electrons. The van der Waals surface area contributed by atoms with Gasteiger partial charge in [0.05, 0.1) is 16.0 Å². The molecule has 0 aliphatic rings. The predicted octanol–water partition coefficient (Wildman–Crippen LogP) is 2.62. The lowest BCUT2D eigenvalue weighted by molar-refractivity contribution is -0.385. The molecule has 2 amide bonds. The van der Waals surface area contributed by atoms with Gasteiger partial charge in [-0.25, -0.2) is 4.98 Å². The number of aromatic nitrogens is 1. The third kappa shape index (κ3) is 4.31.